The Labute approximate surface area is 125 Å². The van der Waals surface area contributed by atoms with Crippen molar-refractivity contribution in [2.45, 2.75) is 12.8 Å². The van der Waals surface area contributed by atoms with Gasteiger partial charge in [0.2, 0.25) is 5.13 Å². The van der Waals surface area contributed by atoms with Crippen molar-refractivity contribution in [3.8, 4) is 0 Å². The summed E-state index contributed by atoms with van der Waals surface area (Å²) in [4.78, 5) is 0. The number of nitrogen functional groups attached to an aromatic ring is 1. The van der Waals surface area contributed by atoms with Gasteiger partial charge in [0.05, 0.1) is 0 Å². The monoisotopic (exact) mass is 399 g/mol. The first kappa shape index (κ1) is 13.4. The first-order valence-corrected chi connectivity index (χ1v) is 8.74. The molecule has 2 aromatic heterocycles. The summed E-state index contributed by atoms with van der Waals surface area (Å²) in [5, 5.41) is 18.5. The van der Waals surface area contributed by atoms with E-state index in [9.17, 15) is 0 Å². The Balaban J connectivity index is 1.60. The van der Waals surface area contributed by atoms with E-state index in [1.165, 1.54) is 11.3 Å². The highest BCUT2D eigenvalue weighted by molar-refractivity contribution is 14.1. The van der Waals surface area contributed by atoms with Crippen molar-refractivity contribution in [1.82, 2.24) is 20.4 Å². The third kappa shape index (κ3) is 4.64. The lowest BCUT2D eigenvalue weighted by molar-refractivity contribution is 0.974. The van der Waals surface area contributed by atoms with Crippen molar-refractivity contribution in [3.63, 3.8) is 0 Å². The second-order valence-electron chi connectivity index (χ2n) is 3.10. The smallest absolute Gasteiger partial charge is 0.203 e. The molecule has 0 radical (unpaired) electrons. The molecular weight excluding hydrogens is 389 g/mol. The zero-order valence-electron chi connectivity index (χ0n) is 8.80. The maximum Gasteiger partial charge on any atom is 0.203 e. The molecule has 5 nitrogen and oxygen atoms in total. The quantitative estimate of drug-likeness (QED) is 0.592. The van der Waals surface area contributed by atoms with Gasteiger partial charge in [0.15, 0.2) is 3.01 Å². The molecule has 0 bridgehead atoms. The maximum absolute atomic E-state index is 5.51. The number of thioether (sulfide) groups is 1. The zero-order chi connectivity index (χ0) is 12.1. The number of aromatic nitrogens is 4. The largest absolute Gasteiger partial charge is 0.374 e. The number of hydrogen-bond donors (Lipinski definition) is 1. The molecule has 0 aliphatic carbocycles. The molecule has 2 rings (SSSR count). The van der Waals surface area contributed by atoms with Gasteiger partial charge in [-0.3, -0.25) is 0 Å². The van der Waals surface area contributed by atoms with Crippen molar-refractivity contribution in [3.05, 3.63) is 13.0 Å². The van der Waals surface area contributed by atoms with E-state index < -0.39 is 0 Å². The average molecular weight is 399 g/mol. The van der Waals surface area contributed by atoms with Gasteiger partial charge in [-0.25, -0.2) is 0 Å². The van der Waals surface area contributed by atoms with Gasteiger partial charge in [-0.15, -0.1) is 20.4 Å². The van der Waals surface area contributed by atoms with Gasteiger partial charge in [0, 0.05) is 12.8 Å². The normalized spacial score (nSPS) is 10.9. The molecule has 0 atom stereocenters. The summed E-state index contributed by atoms with van der Waals surface area (Å²) >= 11 is 7.21. The summed E-state index contributed by atoms with van der Waals surface area (Å²) in [7, 11) is 0. The van der Waals surface area contributed by atoms with Crippen molar-refractivity contribution in [2.24, 2.45) is 0 Å². The Morgan fingerprint density at radius 3 is 2.18 bits per heavy atom. The van der Waals surface area contributed by atoms with E-state index in [0.29, 0.717) is 5.13 Å². The summed E-state index contributed by atoms with van der Waals surface area (Å²) in [6.07, 6.45) is 1.93. The third-order valence-corrected chi connectivity index (χ3v) is 5.29. The molecule has 17 heavy (non-hydrogen) atoms. The minimum absolute atomic E-state index is 0.549. The first-order valence-electron chi connectivity index (χ1n) is 4.87. The number of anilines is 1. The maximum atomic E-state index is 5.51. The van der Waals surface area contributed by atoms with Crippen molar-refractivity contribution < 1.29 is 0 Å². The second kappa shape index (κ2) is 6.81. The van der Waals surface area contributed by atoms with E-state index in [1.807, 2.05) is 11.8 Å². The molecule has 0 amide bonds. The van der Waals surface area contributed by atoms with Crippen molar-refractivity contribution in [1.29, 1.82) is 0 Å². The van der Waals surface area contributed by atoms with Gasteiger partial charge in [0.25, 0.3) is 0 Å². The molecule has 92 valence electrons. The van der Waals surface area contributed by atoms with E-state index in [-0.39, 0.29) is 0 Å². The fourth-order valence-electron chi connectivity index (χ4n) is 1.12. The zero-order valence-corrected chi connectivity index (χ0v) is 13.4. The SMILES string of the molecule is Nc1nnc(CCSCCc2nnc(I)s2)s1. The molecule has 2 aromatic rings. The lowest BCUT2D eigenvalue weighted by Gasteiger charge is -1.96. The highest BCUT2D eigenvalue weighted by Gasteiger charge is 2.03. The lowest BCUT2D eigenvalue weighted by atomic mass is 10.5. The fourth-order valence-corrected chi connectivity index (χ4v) is 4.30. The standard InChI is InChI=1S/C8H10IN5S3/c9-7-13-11-5(16-7)1-3-15-4-2-6-12-14-8(10)17-6/h1-4H2,(H2,10,14). The molecule has 0 unspecified atom stereocenters. The summed E-state index contributed by atoms with van der Waals surface area (Å²) in [5.74, 6) is 2.12. The Bertz CT molecular complexity index is 429. The third-order valence-electron chi connectivity index (χ3n) is 1.85. The summed E-state index contributed by atoms with van der Waals surface area (Å²) < 4.78 is 1.01. The van der Waals surface area contributed by atoms with Crippen LogP contribution >= 0.6 is 57.0 Å². The number of aryl methyl sites for hydroxylation is 2. The molecule has 9 heteroatoms. The van der Waals surface area contributed by atoms with Crippen LogP contribution in [-0.2, 0) is 12.8 Å². The molecule has 0 fully saturated rings. The van der Waals surface area contributed by atoms with Crippen LogP contribution in [0.3, 0.4) is 0 Å². The highest BCUT2D eigenvalue weighted by atomic mass is 127. The number of rotatable bonds is 6. The second-order valence-corrected chi connectivity index (χ2v) is 8.23. The number of hydrogen-bond acceptors (Lipinski definition) is 8. The van der Waals surface area contributed by atoms with Crippen LogP contribution in [0.15, 0.2) is 0 Å². The molecule has 2 N–H and O–H groups in total. The Kier molecular flexibility index (Phi) is 5.38. The molecule has 0 aromatic carbocycles. The van der Waals surface area contributed by atoms with Gasteiger partial charge in [0.1, 0.15) is 10.0 Å². The van der Waals surface area contributed by atoms with Gasteiger partial charge >= 0.3 is 0 Å². The predicted octanol–water partition coefficient (Wildman–Crippen LogP) is 2.09. The van der Waals surface area contributed by atoms with Crippen LogP contribution in [0.5, 0.6) is 0 Å². The summed E-state index contributed by atoms with van der Waals surface area (Å²) in [5.41, 5.74) is 5.51. The highest BCUT2D eigenvalue weighted by Crippen LogP contribution is 2.16. The Morgan fingerprint density at radius 2 is 1.65 bits per heavy atom. The van der Waals surface area contributed by atoms with Gasteiger partial charge in [-0.2, -0.15) is 11.8 Å². The fraction of sp³-hybridized carbons (Fsp3) is 0.500. The molecule has 0 aliphatic heterocycles. The van der Waals surface area contributed by atoms with E-state index >= 15 is 0 Å². The van der Waals surface area contributed by atoms with E-state index in [0.717, 1.165) is 37.4 Å². The summed E-state index contributed by atoms with van der Waals surface area (Å²) in [6.45, 7) is 0. The molecule has 0 spiro atoms. The van der Waals surface area contributed by atoms with Crippen LogP contribution in [0.2, 0.25) is 0 Å². The van der Waals surface area contributed by atoms with Crippen LogP contribution < -0.4 is 5.73 Å². The Morgan fingerprint density at radius 1 is 1.00 bits per heavy atom. The van der Waals surface area contributed by atoms with Crippen LogP contribution in [-0.4, -0.2) is 31.9 Å². The molecule has 0 saturated heterocycles. The minimum atomic E-state index is 0.549. The van der Waals surface area contributed by atoms with Gasteiger partial charge < -0.3 is 5.73 Å². The Hall–Kier alpha value is 0.0000000000000000555. The van der Waals surface area contributed by atoms with E-state index in [4.69, 9.17) is 5.73 Å². The van der Waals surface area contributed by atoms with Crippen LogP contribution in [0.1, 0.15) is 10.0 Å². The predicted molar refractivity (Wildman–Crippen MR) is 81.7 cm³/mol. The van der Waals surface area contributed by atoms with E-state index in [1.54, 1.807) is 11.3 Å². The first-order chi connectivity index (χ1) is 8.24. The van der Waals surface area contributed by atoms with Gasteiger partial charge in [-0.05, 0) is 34.1 Å². The minimum Gasteiger partial charge on any atom is -0.374 e. The van der Waals surface area contributed by atoms with Crippen LogP contribution in [0.25, 0.3) is 0 Å². The van der Waals surface area contributed by atoms with Gasteiger partial charge in [-0.1, -0.05) is 22.7 Å². The number of nitrogens with two attached hydrogens (primary N) is 1. The molecule has 2 heterocycles. The van der Waals surface area contributed by atoms with Crippen LogP contribution in [0.4, 0.5) is 5.13 Å². The molecular formula is C8H10IN5S3. The van der Waals surface area contributed by atoms with Crippen molar-refractivity contribution in [2.75, 3.05) is 17.2 Å². The van der Waals surface area contributed by atoms with Crippen LogP contribution in [0, 0.1) is 3.01 Å². The number of nitrogens with zero attached hydrogens (tertiary/aromatic N) is 4. The lowest BCUT2D eigenvalue weighted by Crippen LogP contribution is -1.92. The van der Waals surface area contributed by atoms with Crippen molar-refractivity contribution >= 4 is 62.2 Å². The number of halogens is 1. The topological polar surface area (TPSA) is 77.6 Å². The van der Waals surface area contributed by atoms with E-state index in [2.05, 4.69) is 43.0 Å². The average Bonchev–Trinajstić information content (AvgIpc) is 2.88. The molecule has 0 saturated carbocycles. The molecule has 0 aliphatic rings. The summed E-state index contributed by atoms with van der Waals surface area (Å²) in [6, 6.07) is 0.